The summed E-state index contributed by atoms with van der Waals surface area (Å²) < 4.78 is 4.90. The molecule has 0 aromatic heterocycles. The Morgan fingerprint density at radius 1 is 1.07 bits per heavy atom. The van der Waals surface area contributed by atoms with E-state index in [4.69, 9.17) is 4.74 Å². The van der Waals surface area contributed by atoms with Gasteiger partial charge in [-0.15, -0.1) is 0 Å². The molecule has 1 atom stereocenters. The van der Waals surface area contributed by atoms with Crippen LogP contribution in [-0.4, -0.2) is 12.6 Å². The maximum absolute atomic E-state index is 10.5. The zero-order valence-electron chi connectivity index (χ0n) is 10.7. The Morgan fingerprint density at radius 2 is 1.67 bits per heavy atom. The number of esters is 1. The second-order valence-electron chi connectivity index (χ2n) is 4.91. The highest BCUT2D eigenvalue weighted by Crippen LogP contribution is 2.16. The number of rotatable bonds is 8. The molecule has 2 heteroatoms. The number of hydrogen-bond acceptors (Lipinski definition) is 2. The molecule has 0 heterocycles. The number of carbonyl (C=O) groups excluding carboxylic acids is 1. The van der Waals surface area contributed by atoms with Crippen LogP contribution in [-0.2, 0) is 9.53 Å². The van der Waals surface area contributed by atoms with E-state index in [0.29, 0.717) is 6.61 Å². The SMILES string of the molecule is CC(=O)OCCC[C@H](C)CCCC(C)C. The predicted octanol–water partition coefficient (Wildman–Crippen LogP) is 3.79. The summed E-state index contributed by atoms with van der Waals surface area (Å²) in [6.07, 6.45) is 6.13. The Bertz CT molecular complexity index is 164. The minimum Gasteiger partial charge on any atom is -0.466 e. The van der Waals surface area contributed by atoms with Gasteiger partial charge in [-0.1, -0.05) is 40.0 Å². The molecular formula is C13H26O2. The molecule has 0 aliphatic carbocycles. The Balaban J connectivity index is 3.25. The van der Waals surface area contributed by atoms with E-state index in [0.717, 1.165) is 18.3 Å². The Labute approximate surface area is 94.4 Å². The third-order valence-electron chi connectivity index (χ3n) is 2.62. The molecule has 0 rings (SSSR count). The third kappa shape index (κ3) is 11.4. The van der Waals surface area contributed by atoms with Gasteiger partial charge in [-0.3, -0.25) is 4.79 Å². The van der Waals surface area contributed by atoms with E-state index < -0.39 is 0 Å². The molecule has 0 aromatic rings. The highest BCUT2D eigenvalue weighted by molar-refractivity contribution is 5.65. The van der Waals surface area contributed by atoms with Crippen molar-refractivity contribution in [1.82, 2.24) is 0 Å². The van der Waals surface area contributed by atoms with Crippen molar-refractivity contribution in [1.29, 1.82) is 0 Å². The molecule has 0 saturated carbocycles. The summed E-state index contributed by atoms with van der Waals surface area (Å²) >= 11 is 0. The van der Waals surface area contributed by atoms with Gasteiger partial charge in [0.2, 0.25) is 0 Å². The van der Waals surface area contributed by atoms with Crippen LogP contribution in [0, 0.1) is 11.8 Å². The van der Waals surface area contributed by atoms with E-state index >= 15 is 0 Å². The quantitative estimate of drug-likeness (QED) is 0.454. The molecule has 0 amide bonds. The summed E-state index contributed by atoms with van der Waals surface area (Å²) in [5, 5.41) is 0. The fourth-order valence-electron chi connectivity index (χ4n) is 1.67. The van der Waals surface area contributed by atoms with Crippen LogP contribution in [0.5, 0.6) is 0 Å². The van der Waals surface area contributed by atoms with Crippen molar-refractivity contribution in [3.8, 4) is 0 Å². The van der Waals surface area contributed by atoms with Gasteiger partial charge >= 0.3 is 5.97 Å². The Hall–Kier alpha value is -0.530. The second kappa shape index (κ2) is 8.75. The van der Waals surface area contributed by atoms with Crippen molar-refractivity contribution < 1.29 is 9.53 Å². The fraction of sp³-hybridized carbons (Fsp3) is 0.923. The molecule has 0 aliphatic heterocycles. The van der Waals surface area contributed by atoms with Crippen LogP contribution in [0.3, 0.4) is 0 Å². The van der Waals surface area contributed by atoms with Crippen molar-refractivity contribution in [2.75, 3.05) is 6.61 Å². The first-order valence-electron chi connectivity index (χ1n) is 6.15. The molecule has 0 N–H and O–H groups in total. The van der Waals surface area contributed by atoms with Crippen molar-refractivity contribution in [3.63, 3.8) is 0 Å². The smallest absolute Gasteiger partial charge is 0.302 e. The Morgan fingerprint density at radius 3 is 2.20 bits per heavy atom. The normalized spacial score (nSPS) is 12.9. The molecule has 0 fully saturated rings. The lowest BCUT2D eigenvalue weighted by Crippen LogP contribution is -2.03. The summed E-state index contributed by atoms with van der Waals surface area (Å²) in [7, 11) is 0. The highest BCUT2D eigenvalue weighted by atomic mass is 16.5. The first-order chi connectivity index (χ1) is 7.02. The van der Waals surface area contributed by atoms with Crippen LogP contribution in [0.1, 0.15) is 59.8 Å². The summed E-state index contributed by atoms with van der Waals surface area (Å²) in [4.78, 5) is 10.5. The van der Waals surface area contributed by atoms with Crippen molar-refractivity contribution in [3.05, 3.63) is 0 Å². The zero-order chi connectivity index (χ0) is 11.7. The molecular weight excluding hydrogens is 188 g/mol. The van der Waals surface area contributed by atoms with E-state index in [1.807, 2.05) is 0 Å². The van der Waals surface area contributed by atoms with Gasteiger partial charge in [0.1, 0.15) is 0 Å². The lowest BCUT2D eigenvalue weighted by molar-refractivity contribution is -0.141. The lowest BCUT2D eigenvalue weighted by atomic mass is 9.96. The van der Waals surface area contributed by atoms with Crippen LogP contribution < -0.4 is 0 Å². The maximum Gasteiger partial charge on any atom is 0.302 e. The topological polar surface area (TPSA) is 26.3 Å². The number of hydrogen-bond donors (Lipinski definition) is 0. The van der Waals surface area contributed by atoms with Crippen LogP contribution >= 0.6 is 0 Å². The van der Waals surface area contributed by atoms with E-state index in [9.17, 15) is 4.79 Å². The largest absolute Gasteiger partial charge is 0.466 e. The molecule has 0 spiro atoms. The minimum absolute atomic E-state index is 0.164. The van der Waals surface area contributed by atoms with Gasteiger partial charge in [0.25, 0.3) is 0 Å². The number of ether oxygens (including phenoxy) is 1. The second-order valence-corrected chi connectivity index (χ2v) is 4.91. The van der Waals surface area contributed by atoms with Crippen LogP contribution in [0.15, 0.2) is 0 Å². The molecule has 15 heavy (non-hydrogen) atoms. The predicted molar refractivity (Wildman–Crippen MR) is 63.7 cm³/mol. The summed E-state index contributed by atoms with van der Waals surface area (Å²) in [5.41, 5.74) is 0. The monoisotopic (exact) mass is 214 g/mol. The van der Waals surface area contributed by atoms with Crippen LogP contribution in [0.2, 0.25) is 0 Å². The molecule has 2 nitrogen and oxygen atoms in total. The zero-order valence-corrected chi connectivity index (χ0v) is 10.7. The molecule has 0 bridgehead atoms. The van der Waals surface area contributed by atoms with E-state index in [-0.39, 0.29) is 5.97 Å². The molecule has 0 unspecified atom stereocenters. The van der Waals surface area contributed by atoms with Gasteiger partial charge in [-0.2, -0.15) is 0 Å². The minimum atomic E-state index is -0.164. The lowest BCUT2D eigenvalue weighted by Gasteiger charge is -2.11. The van der Waals surface area contributed by atoms with Crippen molar-refractivity contribution >= 4 is 5.97 Å². The Kier molecular flexibility index (Phi) is 8.44. The van der Waals surface area contributed by atoms with E-state index in [1.54, 1.807) is 0 Å². The van der Waals surface area contributed by atoms with Gasteiger partial charge in [0.05, 0.1) is 6.61 Å². The average Bonchev–Trinajstić information content (AvgIpc) is 2.11. The van der Waals surface area contributed by atoms with E-state index in [2.05, 4.69) is 20.8 Å². The molecule has 0 aromatic carbocycles. The van der Waals surface area contributed by atoms with Gasteiger partial charge in [0, 0.05) is 6.92 Å². The third-order valence-corrected chi connectivity index (χ3v) is 2.62. The van der Waals surface area contributed by atoms with Crippen LogP contribution in [0.25, 0.3) is 0 Å². The summed E-state index contributed by atoms with van der Waals surface area (Å²) in [6, 6.07) is 0. The fourth-order valence-corrected chi connectivity index (χ4v) is 1.67. The average molecular weight is 214 g/mol. The molecule has 90 valence electrons. The van der Waals surface area contributed by atoms with Crippen molar-refractivity contribution in [2.24, 2.45) is 11.8 Å². The standard InChI is InChI=1S/C13H26O2/c1-11(2)7-5-8-12(3)9-6-10-15-13(4)14/h11-12H,5-10H2,1-4H3/t12-/m1/s1. The van der Waals surface area contributed by atoms with E-state index in [1.165, 1.54) is 32.6 Å². The van der Waals surface area contributed by atoms with Gasteiger partial charge in [-0.25, -0.2) is 0 Å². The molecule has 0 aliphatic rings. The molecule has 0 radical (unpaired) electrons. The van der Waals surface area contributed by atoms with Gasteiger partial charge in [-0.05, 0) is 24.7 Å². The first kappa shape index (κ1) is 14.5. The van der Waals surface area contributed by atoms with Gasteiger partial charge < -0.3 is 4.74 Å². The summed E-state index contributed by atoms with van der Waals surface area (Å²) in [6.45, 7) is 8.88. The van der Waals surface area contributed by atoms with Gasteiger partial charge in [0.15, 0.2) is 0 Å². The number of carbonyl (C=O) groups is 1. The summed E-state index contributed by atoms with van der Waals surface area (Å²) in [5.74, 6) is 1.42. The van der Waals surface area contributed by atoms with Crippen LogP contribution in [0.4, 0.5) is 0 Å². The maximum atomic E-state index is 10.5. The highest BCUT2D eigenvalue weighted by Gasteiger charge is 2.03. The molecule has 0 saturated heterocycles. The van der Waals surface area contributed by atoms with Crippen molar-refractivity contribution in [2.45, 2.75) is 59.8 Å². The first-order valence-corrected chi connectivity index (χ1v) is 6.15.